The minimum Gasteiger partial charge on any atom is -0.303 e. The predicted molar refractivity (Wildman–Crippen MR) is 125 cm³/mol. The Morgan fingerprint density at radius 3 is 1.00 bits per heavy atom. The van der Waals surface area contributed by atoms with Gasteiger partial charge in [0.25, 0.3) is 0 Å². The van der Waals surface area contributed by atoms with Gasteiger partial charge in [0.15, 0.2) is 11.6 Å². The van der Waals surface area contributed by atoms with Crippen molar-refractivity contribution in [3.05, 3.63) is 0 Å². The molecule has 0 aromatic rings. The van der Waals surface area contributed by atoms with Crippen LogP contribution in [0.1, 0.15) is 119 Å². The van der Waals surface area contributed by atoms with Crippen LogP contribution in [0.25, 0.3) is 0 Å². The van der Waals surface area contributed by atoms with Crippen LogP contribution in [-0.4, -0.2) is 24.8 Å². The lowest BCUT2D eigenvalue weighted by Crippen LogP contribution is -2.34. The minimum absolute atomic E-state index is 0.0126. The highest BCUT2D eigenvalue weighted by molar-refractivity contribution is 7.33. The highest BCUT2D eigenvalue weighted by Gasteiger charge is 2.37. The van der Waals surface area contributed by atoms with Crippen molar-refractivity contribution < 1.29 is 23.2 Å². The van der Waals surface area contributed by atoms with Crippen molar-refractivity contribution in [1.82, 2.24) is 0 Å². The summed E-state index contributed by atoms with van der Waals surface area (Å²) in [6, 6.07) is 0. The SMILES string of the molecule is CCCC(CCC)(CCC)C(=O)CO[PH](=O)OCC(=O)C(CCC)(CCC)CCC. The number of rotatable bonds is 20. The molecule has 0 radical (unpaired) electrons. The van der Waals surface area contributed by atoms with Crippen molar-refractivity contribution >= 4 is 19.8 Å². The summed E-state index contributed by atoms with van der Waals surface area (Å²) in [7, 11) is -2.88. The number of ketones is 2. The normalized spacial score (nSPS) is 12.5. The fourth-order valence-corrected chi connectivity index (χ4v) is 5.64. The summed E-state index contributed by atoms with van der Waals surface area (Å²) in [5.41, 5.74) is -0.788. The molecule has 0 bridgehead atoms. The maximum atomic E-state index is 12.9. The van der Waals surface area contributed by atoms with Gasteiger partial charge in [-0.05, 0) is 38.5 Å². The Morgan fingerprint density at radius 1 is 0.567 bits per heavy atom. The van der Waals surface area contributed by atoms with Gasteiger partial charge in [-0.2, -0.15) is 0 Å². The molecule has 0 heterocycles. The van der Waals surface area contributed by atoms with Crippen LogP contribution in [0, 0.1) is 10.8 Å². The van der Waals surface area contributed by atoms with E-state index in [-0.39, 0.29) is 24.8 Å². The second-order valence-electron chi connectivity index (χ2n) is 8.73. The van der Waals surface area contributed by atoms with Crippen LogP contribution in [0.5, 0.6) is 0 Å². The Bertz CT molecular complexity index is 440. The number of hydrogen-bond acceptors (Lipinski definition) is 5. The van der Waals surface area contributed by atoms with E-state index in [1.807, 2.05) is 0 Å². The summed E-state index contributed by atoms with van der Waals surface area (Å²) in [5, 5.41) is 0. The van der Waals surface area contributed by atoms with Crippen molar-refractivity contribution in [3.63, 3.8) is 0 Å². The Morgan fingerprint density at radius 2 is 0.800 bits per heavy atom. The molecule has 0 aromatic carbocycles. The third-order valence-electron chi connectivity index (χ3n) is 6.20. The molecule has 0 rings (SSSR count). The molecule has 0 aromatic heterocycles. The van der Waals surface area contributed by atoms with Crippen molar-refractivity contribution in [2.45, 2.75) is 119 Å². The molecule has 0 spiro atoms. The summed E-state index contributed by atoms with van der Waals surface area (Å²) in [6.45, 7) is 12.1. The quantitative estimate of drug-likeness (QED) is 0.183. The van der Waals surface area contributed by atoms with Crippen LogP contribution in [-0.2, 0) is 23.2 Å². The van der Waals surface area contributed by atoms with E-state index in [1.54, 1.807) is 0 Å². The summed E-state index contributed by atoms with van der Waals surface area (Å²) in [4.78, 5) is 25.8. The summed E-state index contributed by atoms with van der Waals surface area (Å²) in [5.74, 6) is 0.0252. The molecule has 0 N–H and O–H groups in total. The van der Waals surface area contributed by atoms with Gasteiger partial charge in [0.1, 0.15) is 13.2 Å². The Kier molecular flexibility index (Phi) is 15.9. The largest absolute Gasteiger partial charge is 0.319 e. The first-order valence-corrected chi connectivity index (χ1v) is 13.4. The monoisotopic (exact) mass is 446 g/mol. The van der Waals surface area contributed by atoms with Crippen LogP contribution < -0.4 is 0 Å². The van der Waals surface area contributed by atoms with Gasteiger partial charge < -0.3 is 9.05 Å². The molecular weight excluding hydrogens is 399 g/mol. The third kappa shape index (κ3) is 9.32. The summed E-state index contributed by atoms with van der Waals surface area (Å²) in [6.07, 6.45) is 10.5. The predicted octanol–water partition coefficient (Wildman–Crippen LogP) is 7.32. The molecule has 0 aliphatic carbocycles. The molecule has 0 amide bonds. The highest BCUT2D eigenvalue weighted by atomic mass is 31.1. The molecule has 5 nitrogen and oxygen atoms in total. The first kappa shape index (κ1) is 29.5. The maximum Gasteiger partial charge on any atom is 0.319 e. The first-order chi connectivity index (χ1) is 14.3. The van der Waals surface area contributed by atoms with E-state index in [0.29, 0.717) is 0 Å². The lowest BCUT2D eigenvalue weighted by Gasteiger charge is -2.32. The molecule has 0 aliphatic rings. The van der Waals surface area contributed by atoms with E-state index >= 15 is 0 Å². The second-order valence-corrected chi connectivity index (χ2v) is 9.81. The zero-order valence-electron chi connectivity index (χ0n) is 20.4. The third-order valence-corrected chi connectivity index (χ3v) is 6.96. The van der Waals surface area contributed by atoms with Crippen LogP contribution in [0.2, 0.25) is 0 Å². The van der Waals surface area contributed by atoms with Crippen molar-refractivity contribution in [1.29, 1.82) is 0 Å². The molecule has 0 atom stereocenters. The number of Topliss-reactive ketones (excluding diaryl/α,β-unsaturated/α-hetero) is 2. The van der Waals surface area contributed by atoms with E-state index in [2.05, 4.69) is 41.5 Å². The molecule has 0 aliphatic heterocycles. The van der Waals surface area contributed by atoms with Crippen molar-refractivity contribution in [2.24, 2.45) is 10.8 Å². The Hall–Kier alpha value is -0.510. The van der Waals surface area contributed by atoms with Gasteiger partial charge in [-0.1, -0.05) is 80.1 Å². The fourth-order valence-electron chi connectivity index (χ4n) is 5.05. The van der Waals surface area contributed by atoms with Crippen LogP contribution in [0.4, 0.5) is 0 Å². The van der Waals surface area contributed by atoms with Crippen LogP contribution >= 0.6 is 8.25 Å². The molecule has 0 saturated carbocycles. The molecular formula is C24H47O5P. The van der Waals surface area contributed by atoms with Crippen LogP contribution in [0.3, 0.4) is 0 Å². The van der Waals surface area contributed by atoms with Gasteiger partial charge in [0, 0.05) is 10.8 Å². The average Bonchev–Trinajstić information content (AvgIpc) is 2.71. The zero-order chi connectivity index (χ0) is 23.0. The topological polar surface area (TPSA) is 69.7 Å². The standard InChI is InChI=1S/C24H47O5P/c1-7-13-23(14-8-2,15-9-3)21(25)19-28-30(27)29-20-22(26)24(16-10-4,17-11-5)18-12-6/h30H,7-20H2,1-6H3. The number of hydrogen-bond donors (Lipinski definition) is 0. The smallest absolute Gasteiger partial charge is 0.303 e. The van der Waals surface area contributed by atoms with Crippen molar-refractivity contribution in [2.75, 3.05) is 13.2 Å². The second kappa shape index (κ2) is 16.2. The molecule has 6 heteroatoms. The van der Waals surface area contributed by atoms with Crippen LogP contribution in [0.15, 0.2) is 0 Å². The molecule has 0 unspecified atom stereocenters. The number of carbonyl (C=O) groups is 2. The zero-order valence-corrected chi connectivity index (χ0v) is 21.4. The van der Waals surface area contributed by atoms with Gasteiger partial charge in [-0.25, -0.2) is 0 Å². The Labute approximate surface area is 186 Å². The van der Waals surface area contributed by atoms with Gasteiger partial charge in [-0.15, -0.1) is 0 Å². The highest BCUT2D eigenvalue weighted by Crippen LogP contribution is 2.39. The van der Waals surface area contributed by atoms with Gasteiger partial charge >= 0.3 is 8.25 Å². The lowest BCUT2D eigenvalue weighted by atomic mass is 9.72. The molecule has 0 saturated heterocycles. The summed E-state index contributed by atoms with van der Waals surface area (Å²) < 4.78 is 22.9. The molecule has 0 fully saturated rings. The average molecular weight is 447 g/mol. The molecule has 178 valence electrons. The first-order valence-electron chi connectivity index (χ1n) is 12.2. The van der Waals surface area contributed by atoms with E-state index in [0.717, 1.165) is 77.0 Å². The summed E-state index contributed by atoms with van der Waals surface area (Å²) >= 11 is 0. The Balaban J connectivity index is 4.92. The fraction of sp³-hybridized carbons (Fsp3) is 0.917. The van der Waals surface area contributed by atoms with E-state index in [4.69, 9.17) is 9.05 Å². The lowest BCUT2D eigenvalue weighted by molar-refractivity contribution is -0.133. The van der Waals surface area contributed by atoms with E-state index in [9.17, 15) is 14.2 Å². The van der Waals surface area contributed by atoms with Gasteiger partial charge in [-0.3, -0.25) is 14.2 Å². The van der Waals surface area contributed by atoms with Crippen molar-refractivity contribution in [3.8, 4) is 0 Å². The van der Waals surface area contributed by atoms with Gasteiger partial charge in [0.2, 0.25) is 0 Å². The van der Waals surface area contributed by atoms with Gasteiger partial charge in [0.05, 0.1) is 0 Å². The number of carbonyl (C=O) groups excluding carboxylic acids is 2. The maximum absolute atomic E-state index is 12.9. The van der Waals surface area contributed by atoms with E-state index < -0.39 is 19.1 Å². The molecule has 30 heavy (non-hydrogen) atoms. The van der Waals surface area contributed by atoms with E-state index in [1.165, 1.54) is 0 Å². The minimum atomic E-state index is -2.88.